The van der Waals surface area contributed by atoms with Gasteiger partial charge in [0.1, 0.15) is 15.4 Å². The Morgan fingerprint density at radius 1 is 1.00 bits per heavy atom. The van der Waals surface area contributed by atoms with Crippen LogP contribution in [0.3, 0.4) is 0 Å². The molecule has 0 saturated heterocycles. The second-order valence-electron chi connectivity index (χ2n) is 4.78. The Morgan fingerprint density at radius 3 is 2.22 bits per heavy atom. The minimum atomic E-state index is -0.197. The lowest BCUT2D eigenvalue weighted by Crippen LogP contribution is -2.00. The van der Waals surface area contributed by atoms with Gasteiger partial charge in [0.25, 0.3) is 0 Å². The average molecular weight is 281 g/mol. The summed E-state index contributed by atoms with van der Waals surface area (Å²) in [5.74, 6) is 0.993. The summed E-state index contributed by atoms with van der Waals surface area (Å²) in [6.07, 6.45) is 0. The smallest absolute Gasteiger partial charge is 0.139 e. The second-order valence-corrected chi connectivity index (χ2v) is 6.26. The molecule has 96 valence electrons. The Kier molecular flexibility index (Phi) is 4.36. The van der Waals surface area contributed by atoms with Gasteiger partial charge in [-0.15, -0.1) is 21.8 Å². The first-order valence-corrected chi connectivity index (χ1v) is 7.37. The Hall–Kier alpha value is -0.930. The zero-order valence-corrected chi connectivity index (χ0v) is 12.4. The van der Waals surface area contributed by atoms with E-state index in [-0.39, 0.29) is 5.38 Å². The molecule has 0 N–H and O–H groups in total. The van der Waals surface area contributed by atoms with Crippen LogP contribution in [0, 0.1) is 5.92 Å². The summed E-state index contributed by atoms with van der Waals surface area (Å²) in [4.78, 5) is 0. The molecule has 0 aliphatic heterocycles. The van der Waals surface area contributed by atoms with Crippen LogP contribution in [0.1, 0.15) is 47.6 Å². The fourth-order valence-electron chi connectivity index (χ4n) is 1.58. The van der Waals surface area contributed by atoms with Crippen LogP contribution in [0.2, 0.25) is 0 Å². The van der Waals surface area contributed by atoms with E-state index in [4.69, 9.17) is 11.6 Å². The van der Waals surface area contributed by atoms with Crippen LogP contribution in [0.15, 0.2) is 30.3 Å². The second kappa shape index (κ2) is 5.81. The lowest BCUT2D eigenvalue weighted by molar-refractivity contribution is 0.529. The molecular formula is C14H17ClN2S. The molecule has 0 aliphatic rings. The van der Waals surface area contributed by atoms with Gasteiger partial charge < -0.3 is 0 Å². The summed E-state index contributed by atoms with van der Waals surface area (Å²) in [5, 5.41) is 10.3. The molecule has 1 aromatic heterocycles. The predicted molar refractivity (Wildman–Crippen MR) is 77.3 cm³/mol. The molecule has 18 heavy (non-hydrogen) atoms. The van der Waals surface area contributed by atoms with Gasteiger partial charge in [0.05, 0.1) is 0 Å². The highest BCUT2D eigenvalue weighted by Crippen LogP contribution is 2.34. The van der Waals surface area contributed by atoms with E-state index in [0.717, 1.165) is 15.6 Å². The molecule has 2 aromatic rings. The molecule has 2 unspecified atom stereocenters. The van der Waals surface area contributed by atoms with E-state index < -0.39 is 0 Å². The van der Waals surface area contributed by atoms with Crippen molar-refractivity contribution in [2.45, 2.75) is 32.1 Å². The SMILES string of the molecule is CC(C)C(C)c1nnc(C(Cl)c2ccccc2)s1. The van der Waals surface area contributed by atoms with Gasteiger partial charge >= 0.3 is 0 Å². The van der Waals surface area contributed by atoms with Crippen LogP contribution in [0.5, 0.6) is 0 Å². The molecule has 1 aromatic carbocycles. The molecule has 0 fully saturated rings. The van der Waals surface area contributed by atoms with Gasteiger partial charge in [-0.2, -0.15) is 0 Å². The fraction of sp³-hybridized carbons (Fsp3) is 0.429. The molecule has 2 rings (SSSR count). The third-order valence-electron chi connectivity index (χ3n) is 3.15. The first-order chi connectivity index (χ1) is 8.59. The van der Waals surface area contributed by atoms with Gasteiger partial charge in [-0.3, -0.25) is 0 Å². The quantitative estimate of drug-likeness (QED) is 0.764. The third kappa shape index (κ3) is 2.90. The summed E-state index contributed by atoms with van der Waals surface area (Å²) in [5.41, 5.74) is 1.07. The molecule has 0 amide bonds. The predicted octanol–water partition coefficient (Wildman–Crippen LogP) is 4.63. The maximum atomic E-state index is 6.44. The Labute approximate surface area is 117 Å². The molecule has 0 saturated carbocycles. The number of alkyl halides is 1. The maximum absolute atomic E-state index is 6.44. The van der Waals surface area contributed by atoms with Gasteiger partial charge in [0.15, 0.2) is 0 Å². The zero-order valence-electron chi connectivity index (χ0n) is 10.8. The van der Waals surface area contributed by atoms with Crippen molar-refractivity contribution >= 4 is 22.9 Å². The van der Waals surface area contributed by atoms with E-state index >= 15 is 0 Å². The van der Waals surface area contributed by atoms with Crippen molar-refractivity contribution in [2.24, 2.45) is 5.92 Å². The van der Waals surface area contributed by atoms with Gasteiger partial charge in [0, 0.05) is 5.92 Å². The summed E-state index contributed by atoms with van der Waals surface area (Å²) >= 11 is 8.06. The molecular weight excluding hydrogens is 264 g/mol. The average Bonchev–Trinajstić information content (AvgIpc) is 2.87. The lowest BCUT2D eigenvalue weighted by atomic mass is 9.99. The number of aromatic nitrogens is 2. The monoisotopic (exact) mass is 280 g/mol. The van der Waals surface area contributed by atoms with E-state index in [9.17, 15) is 0 Å². The van der Waals surface area contributed by atoms with Gasteiger partial charge in [-0.1, -0.05) is 62.4 Å². The van der Waals surface area contributed by atoms with Crippen LogP contribution in [0.4, 0.5) is 0 Å². The maximum Gasteiger partial charge on any atom is 0.139 e. The van der Waals surface area contributed by atoms with E-state index in [1.807, 2.05) is 30.3 Å². The molecule has 2 nitrogen and oxygen atoms in total. The van der Waals surface area contributed by atoms with Crippen LogP contribution in [-0.4, -0.2) is 10.2 Å². The van der Waals surface area contributed by atoms with Crippen molar-refractivity contribution in [2.75, 3.05) is 0 Å². The molecule has 0 spiro atoms. The Bertz CT molecular complexity index is 496. The van der Waals surface area contributed by atoms with Gasteiger partial charge in [-0.05, 0) is 11.5 Å². The normalized spacial score (nSPS) is 14.7. The van der Waals surface area contributed by atoms with E-state index in [1.54, 1.807) is 11.3 Å². The number of hydrogen-bond acceptors (Lipinski definition) is 3. The van der Waals surface area contributed by atoms with E-state index in [2.05, 4.69) is 31.0 Å². The summed E-state index contributed by atoms with van der Waals surface area (Å²) in [7, 11) is 0. The number of rotatable bonds is 4. The number of hydrogen-bond donors (Lipinski definition) is 0. The third-order valence-corrected chi connectivity index (χ3v) is 4.93. The van der Waals surface area contributed by atoms with Gasteiger partial charge in [-0.25, -0.2) is 0 Å². The zero-order chi connectivity index (χ0) is 13.1. The number of nitrogens with zero attached hydrogens (tertiary/aromatic N) is 2. The summed E-state index contributed by atoms with van der Waals surface area (Å²) in [6.45, 7) is 6.57. The standard InChI is InChI=1S/C14H17ClN2S/c1-9(2)10(3)13-16-17-14(18-13)12(15)11-7-5-4-6-8-11/h4-10,12H,1-3H3. The van der Waals surface area contributed by atoms with Crippen LogP contribution in [-0.2, 0) is 0 Å². The van der Waals surface area contributed by atoms with Crippen molar-refractivity contribution in [3.63, 3.8) is 0 Å². The lowest BCUT2D eigenvalue weighted by Gasteiger charge is -2.10. The highest BCUT2D eigenvalue weighted by molar-refractivity contribution is 7.11. The molecule has 4 heteroatoms. The van der Waals surface area contributed by atoms with Crippen molar-refractivity contribution < 1.29 is 0 Å². The van der Waals surface area contributed by atoms with E-state index in [1.165, 1.54) is 0 Å². The molecule has 0 bridgehead atoms. The highest BCUT2D eigenvalue weighted by atomic mass is 35.5. The topological polar surface area (TPSA) is 25.8 Å². The van der Waals surface area contributed by atoms with Crippen molar-refractivity contribution in [3.05, 3.63) is 45.9 Å². The number of halogens is 1. The Morgan fingerprint density at radius 2 is 1.61 bits per heavy atom. The van der Waals surface area contributed by atoms with Crippen LogP contribution >= 0.6 is 22.9 Å². The van der Waals surface area contributed by atoms with Crippen molar-refractivity contribution in [3.8, 4) is 0 Å². The minimum Gasteiger partial charge on any atom is -0.143 e. The van der Waals surface area contributed by atoms with Crippen LogP contribution in [0.25, 0.3) is 0 Å². The van der Waals surface area contributed by atoms with Gasteiger partial charge in [0.2, 0.25) is 0 Å². The summed E-state index contributed by atoms with van der Waals surface area (Å²) in [6, 6.07) is 10.0. The van der Waals surface area contributed by atoms with E-state index in [0.29, 0.717) is 11.8 Å². The molecule has 0 aliphatic carbocycles. The molecule has 0 radical (unpaired) electrons. The largest absolute Gasteiger partial charge is 0.143 e. The number of benzene rings is 1. The first-order valence-electron chi connectivity index (χ1n) is 6.12. The first kappa shape index (κ1) is 13.5. The fourth-order valence-corrected chi connectivity index (χ4v) is 2.98. The van der Waals surface area contributed by atoms with Crippen molar-refractivity contribution in [1.29, 1.82) is 0 Å². The molecule has 1 heterocycles. The molecule has 2 atom stereocenters. The Balaban J connectivity index is 2.20. The van der Waals surface area contributed by atoms with Crippen molar-refractivity contribution in [1.82, 2.24) is 10.2 Å². The highest BCUT2D eigenvalue weighted by Gasteiger charge is 2.20. The minimum absolute atomic E-state index is 0.197. The summed E-state index contributed by atoms with van der Waals surface area (Å²) < 4.78 is 0. The van der Waals surface area contributed by atoms with Crippen LogP contribution < -0.4 is 0 Å².